The summed E-state index contributed by atoms with van der Waals surface area (Å²) < 4.78 is 22.8. The SMILES string of the molecule is NS(=O)(=O)c1ccc2c(c1)c(Cl)cc1[nH]c(=O)c(=O)[nH]c12. The van der Waals surface area contributed by atoms with Gasteiger partial charge in [0.2, 0.25) is 10.0 Å². The van der Waals surface area contributed by atoms with E-state index in [4.69, 9.17) is 16.7 Å². The summed E-state index contributed by atoms with van der Waals surface area (Å²) in [6.07, 6.45) is 0. The van der Waals surface area contributed by atoms with Crippen molar-refractivity contribution in [3.8, 4) is 0 Å². The Hall–Kier alpha value is -2.16. The van der Waals surface area contributed by atoms with Crippen LogP contribution in [0.25, 0.3) is 21.8 Å². The number of rotatable bonds is 1. The molecular weight excluding hydrogens is 318 g/mol. The molecule has 7 nitrogen and oxygen atoms in total. The Morgan fingerprint density at radius 1 is 1.00 bits per heavy atom. The van der Waals surface area contributed by atoms with Crippen molar-refractivity contribution in [3.63, 3.8) is 0 Å². The number of aromatic nitrogens is 2. The number of benzene rings is 2. The topological polar surface area (TPSA) is 126 Å². The van der Waals surface area contributed by atoms with Crippen molar-refractivity contribution in [2.24, 2.45) is 5.14 Å². The number of halogens is 1. The van der Waals surface area contributed by atoms with Crippen LogP contribution in [0.3, 0.4) is 0 Å². The molecule has 0 bridgehead atoms. The number of nitrogens with two attached hydrogens (primary N) is 1. The van der Waals surface area contributed by atoms with Crippen LogP contribution in [0.2, 0.25) is 5.02 Å². The fourth-order valence-electron chi connectivity index (χ4n) is 2.12. The average molecular weight is 326 g/mol. The van der Waals surface area contributed by atoms with Gasteiger partial charge in [-0.15, -0.1) is 0 Å². The molecule has 1 aromatic heterocycles. The lowest BCUT2D eigenvalue weighted by atomic mass is 10.1. The van der Waals surface area contributed by atoms with E-state index in [1.807, 2.05) is 0 Å². The Balaban J connectivity index is 2.54. The fourth-order valence-corrected chi connectivity index (χ4v) is 2.93. The zero-order chi connectivity index (χ0) is 15.4. The number of hydrogen-bond acceptors (Lipinski definition) is 4. The van der Waals surface area contributed by atoms with Crippen molar-refractivity contribution in [1.82, 2.24) is 9.97 Å². The number of fused-ring (bicyclic) bond motifs is 3. The van der Waals surface area contributed by atoms with Gasteiger partial charge in [0.15, 0.2) is 0 Å². The van der Waals surface area contributed by atoms with Gasteiger partial charge in [0, 0.05) is 10.8 Å². The van der Waals surface area contributed by atoms with Crippen molar-refractivity contribution < 1.29 is 8.42 Å². The Morgan fingerprint density at radius 3 is 2.33 bits per heavy atom. The number of hydrogen-bond donors (Lipinski definition) is 3. The number of sulfonamides is 1. The molecule has 0 unspecified atom stereocenters. The smallest absolute Gasteiger partial charge is 0.314 e. The molecule has 21 heavy (non-hydrogen) atoms. The summed E-state index contributed by atoms with van der Waals surface area (Å²) in [5.41, 5.74) is -0.888. The third-order valence-corrected chi connectivity index (χ3v) is 4.30. The number of nitrogens with one attached hydrogen (secondary N) is 2. The molecule has 4 N–H and O–H groups in total. The quantitative estimate of drug-likeness (QED) is 0.449. The van der Waals surface area contributed by atoms with E-state index in [-0.39, 0.29) is 9.92 Å². The molecule has 3 aromatic rings. The van der Waals surface area contributed by atoms with Crippen LogP contribution in [-0.4, -0.2) is 18.4 Å². The van der Waals surface area contributed by atoms with Crippen LogP contribution in [-0.2, 0) is 10.0 Å². The van der Waals surface area contributed by atoms with Gasteiger partial charge in [-0.3, -0.25) is 9.59 Å². The molecule has 0 aliphatic carbocycles. The fraction of sp³-hybridized carbons (Fsp3) is 0. The molecule has 108 valence electrons. The Morgan fingerprint density at radius 2 is 1.67 bits per heavy atom. The van der Waals surface area contributed by atoms with Crippen LogP contribution in [0.15, 0.2) is 38.8 Å². The van der Waals surface area contributed by atoms with Crippen molar-refractivity contribution >= 4 is 43.4 Å². The highest BCUT2D eigenvalue weighted by molar-refractivity contribution is 7.89. The summed E-state index contributed by atoms with van der Waals surface area (Å²) in [5.74, 6) is 0. The van der Waals surface area contributed by atoms with E-state index in [1.54, 1.807) is 0 Å². The normalized spacial score (nSPS) is 12.1. The molecule has 0 radical (unpaired) electrons. The number of H-pyrrole nitrogens is 2. The molecule has 2 aromatic carbocycles. The zero-order valence-electron chi connectivity index (χ0n) is 10.3. The third-order valence-electron chi connectivity index (χ3n) is 3.08. The van der Waals surface area contributed by atoms with Crippen LogP contribution in [0.5, 0.6) is 0 Å². The highest BCUT2D eigenvalue weighted by Crippen LogP contribution is 2.30. The van der Waals surface area contributed by atoms with E-state index in [0.717, 1.165) is 0 Å². The lowest BCUT2D eigenvalue weighted by Crippen LogP contribution is -2.28. The standard InChI is InChI=1S/C12H8ClN3O4S/c13-8-4-9-10(16-12(18)11(17)15-9)6-2-1-5(3-7(6)8)21(14,19)20/h1-4H,(H,15,17)(H,16,18)(H2,14,19,20). The molecule has 0 atom stereocenters. The van der Waals surface area contributed by atoms with E-state index >= 15 is 0 Å². The summed E-state index contributed by atoms with van der Waals surface area (Å²) in [7, 11) is -3.87. The second kappa shape index (κ2) is 4.42. The molecule has 3 rings (SSSR count). The number of aromatic amines is 2. The monoisotopic (exact) mass is 325 g/mol. The highest BCUT2D eigenvalue weighted by atomic mass is 35.5. The Bertz CT molecular complexity index is 1110. The van der Waals surface area contributed by atoms with Gasteiger partial charge in [0.05, 0.1) is 21.0 Å². The summed E-state index contributed by atoms with van der Waals surface area (Å²) >= 11 is 6.10. The molecule has 9 heteroatoms. The van der Waals surface area contributed by atoms with Gasteiger partial charge < -0.3 is 9.97 Å². The molecular formula is C12H8ClN3O4S. The highest BCUT2D eigenvalue weighted by Gasteiger charge is 2.13. The minimum atomic E-state index is -3.87. The number of primary sulfonamides is 1. The van der Waals surface area contributed by atoms with E-state index in [9.17, 15) is 18.0 Å². The van der Waals surface area contributed by atoms with Gasteiger partial charge in [0.1, 0.15) is 0 Å². The molecule has 0 fully saturated rings. The van der Waals surface area contributed by atoms with Gasteiger partial charge >= 0.3 is 11.1 Å². The van der Waals surface area contributed by atoms with Crippen molar-refractivity contribution in [2.45, 2.75) is 4.90 Å². The molecule has 0 amide bonds. The first-order valence-corrected chi connectivity index (χ1v) is 7.61. The first kappa shape index (κ1) is 13.8. The predicted molar refractivity (Wildman–Crippen MR) is 79.1 cm³/mol. The maximum absolute atomic E-state index is 11.4. The Labute approximate surface area is 122 Å². The minimum absolute atomic E-state index is 0.0944. The zero-order valence-corrected chi connectivity index (χ0v) is 11.9. The van der Waals surface area contributed by atoms with Gasteiger partial charge in [-0.1, -0.05) is 17.7 Å². The maximum Gasteiger partial charge on any atom is 0.314 e. The van der Waals surface area contributed by atoms with Gasteiger partial charge in [-0.05, 0) is 18.2 Å². The minimum Gasteiger partial charge on any atom is -0.316 e. The summed E-state index contributed by atoms with van der Waals surface area (Å²) in [5, 5.41) is 6.21. The summed E-state index contributed by atoms with van der Waals surface area (Å²) in [6, 6.07) is 5.52. The van der Waals surface area contributed by atoms with Gasteiger partial charge in [0.25, 0.3) is 0 Å². The average Bonchev–Trinajstić information content (AvgIpc) is 2.40. The summed E-state index contributed by atoms with van der Waals surface area (Å²) in [4.78, 5) is 27.5. The van der Waals surface area contributed by atoms with E-state index in [0.29, 0.717) is 21.8 Å². The second-order valence-electron chi connectivity index (χ2n) is 4.44. The van der Waals surface area contributed by atoms with E-state index in [2.05, 4.69) is 9.97 Å². The third kappa shape index (κ3) is 2.23. The molecule has 0 spiro atoms. The first-order chi connectivity index (χ1) is 9.77. The summed E-state index contributed by atoms with van der Waals surface area (Å²) in [6.45, 7) is 0. The lowest BCUT2D eigenvalue weighted by Gasteiger charge is -2.07. The van der Waals surface area contributed by atoms with Gasteiger partial charge in [-0.25, -0.2) is 13.6 Å². The predicted octanol–water partition coefficient (Wildman–Crippen LogP) is 0.670. The van der Waals surface area contributed by atoms with Crippen molar-refractivity contribution in [1.29, 1.82) is 0 Å². The lowest BCUT2D eigenvalue weighted by molar-refractivity contribution is 0.598. The van der Waals surface area contributed by atoms with Gasteiger partial charge in [-0.2, -0.15) is 0 Å². The molecule has 1 heterocycles. The molecule has 0 aliphatic heterocycles. The van der Waals surface area contributed by atoms with Crippen molar-refractivity contribution in [2.75, 3.05) is 0 Å². The van der Waals surface area contributed by atoms with Crippen LogP contribution in [0.1, 0.15) is 0 Å². The molecule has 0 aliphatic rings. The second-order valence-corrected chi connectivity index (χ2v) is 6.41. The van der Waals surface area contributed by atoms with Crippen molar-refractivity contribution in [3.05, 3.63) is 50.0 Å². The first-order valence-electron chi connectivity index (χ1n) is 5.69. The van der Waals surface area contributed by atoms with Crippen LogP contribution in [0.4, 0.5) is 0 Å². The maximum atomic E-state index is 11.4. The van der Waals surface area contributed by atoms with Crippen LogP contribution >= 0.6 is 11.6 Å². The van der Waals surface area contributed by atoms with E-state index < -0.39 is 21.1 Å². The molecule has 0 saturated carbocycles. The largest absolute Gasteiger partial charge is 0.316 e. The van der Waals surface area contributed by atoms with Crippen LogP contribution < -0.4 is 16.3 Å². The van der Waals surface area contributed by atoms with E-state index in [1.165, 1.54) is 24.3 Å². The molecule has 0 saturated heterocycles. The van der Waals surface area contributed by atoms with Crippen LogP contribution in [0, 0.1) is 0 Å². The Kier molecular flexibility index (Phi) is 2.90.